The third-order valence-corrected chi connectivity index (χ3v) is 3.39. The first-order valence-corrected chi connectivity index (χ1v) is 7.95. The van der Waals surface area contributed by atoms with Crippen molar-refractivity contribution >= 4 is 6.09 Å². The molecule has 0 saturated carbocycles. The van der Waals surface area contributed by atoms with Crippen LogP contribution in [-0.2, 0) is 4.74 Å². The molecule has 21 heavy (non-hydrogen) atoms. The van der Waals surface area contributed by atoms with E-state index >= 15 is 0 Å². The number of ether oxygens (including phenoxy) is 1. The van der Waals surface area contributed by atoms with E-state index in [0.29, 0.717) is 6.54 Å². The Morgan fingerprint density at radius 3 is 2.38 bits per heavy atom. The summed E-state index contributed by atoms with van der Waals surface area (Å²) in [5, 5.41) is 6.09. The molecule has 1 aliphatic heterocycles. The molecule has 1 amide bonds. The monoisotopic (exact) mass is 300 g/mol. The molecule has 124 valence electrons. The van der Waals surface area contributed by atoms with Crippen molar-refractivity contribution in [3.05, 3.63) is 0 Å². The summed E-state index contributed by atoms with van der Waals surface area (Å²) in [5.41, 5.74) is -0.431. The molecule has 1 aliphatic rings. The van der Waals surface area contributed by atoms with Gasteiger partial charge in [0.05, 0.1) is 0 Å². The summed E-state index contributed by atoms with van der Waals surface area (Å²) in [5.74, 6) is 0. The van der Waals surface area contributed by atoms with E-state index in [4.69, 9.17) is 4.74 Å². The van der Waals surface area contributed by atoms with Gasteiger partial charge in [-0.1, -0.05) is 0 Å². The van der Waals surface area contributed by atoms with E-state index < -0.39 is 5.60 Å². The normalized spacial score (nSPS) is 17.7. The number of hydrogen-bond acceptors (Lipinski definition) is 5. The van der Waals surface area contributed by atoms with Gasteiger partial charge in [-0.15, -0.1) is 0 Å². The number of carbonyl (C=O) groups excluding carboxylic acids is 1. The van der Waals surface area contributed by atoms with Crippen molar-refractivity contribution in [2.75, 3.05) is 59.4 Å². The number of amides is 1. The van der Waals surface area contributed by atoms with Gasteiger partial charge in [0, 0.05) is 39.3 Å². The van der Waals surface area contributed by atoms with E-state index in [0.717, 1.165) is 26.1 Å². The van der Waals surface area contributed by atoms with Gasteiger partial charge in [0.25, 0.3) is 0 Å². The molecule has 1 fully saturated rings. The van der Waals surface area contributed by atoms with Gasteiger partial charge in [-0.2, -0.15) is 0 Å². The molecule has 0 spiro atoms. The highest BCUT2D eigenvalue weighted by atomic mass is 16.6. The van der Waals surface area contributed by atoms with Crippen LogP contribution in [0.3, 0.4) is 0 Å². The summed E-state index contributed by atoms with van der Waals surface area (Å²) in [6, 6.07) is 0. The zero-order chi connectivity index (χ0) is 15.7. The van der Waals surface area contributed by atoms with Crippen molar-refractivity contribution in [3.63, 3.8) is 0 Å². The topological polar surface area (TPSA) is 56.8 Å². The first-order chi connectivity index (χ1) is 9.87. The van der Waals surface area contributed by atoms with Crippen LogP contribution in [0.2, 0.25) is 0 Å². The molecule has 1 rings (SSSR count). The first kappa shape index (κ1) is 18.2. The lowest BCUT2D eigenvalue weighted by Crippen LogP contribution is -2.45. The molecule has 0 aliphatic carbocycles. The summed E-state index contributed by atoms with van der Waals surface area (Å²) >= 11 is 0. The number of rotatable bonds is 7. The second kappa shape index (κ2) is 9.23. The summed E-state index contributed by atoms with van der Waals surface area (Å²) in [6.07, 6.45) is 0.803. The van der Waals surface area contributed by atoms with Crippen LogP contribution in [0.4, 0.5) is 4.79 Å². The molecule has 1 saturated heterocycles. The standard InChI is InChI=1S/C15H32N4O2/c1-15(2,3)21-14(20)17-8-7-16-6-5-9-19-12-10-18(4)11-13-19/h16H,5-13H2,1-4H3,(H,17,20). The number of carbonyl (C=O) groups is 1. The van der Waals surface area contributed by atoms with E-state index in [1.54, 1.807) is 0 Å². The molecule has 6 nitrogen and oxygen atoms in total. The molecular formula is C15H32N4O2. The minimum Gasteiger partial charge on any atom is -0.444 e. The predicted molar refractivity (Wildman–Crippen MR) is 85.7 cm³/mol. The lowest BCUT2D eigenvalue weighted by molar-refractivity contribution is 0.0528. The first-order valence-electron chi connectivity index (χ1n) is 7.95. The van der Waals surface area contributed by atoms with Crippen LogP contribution in [0, 0.1) is 0 Å². The number of nitrogens with zero attached hydrogens (tertiary/aromatic N) is 2. The highest BCUT2D eigenvalue weighted by Gasteiger charge is 2.15. The molecule has 2 N–H and O–H groups in total. The Balaban J connectivity index is 1.90. The molecule has 0 bridgehead atoms. The van der Waals surface area contributed by atoms with E-state index in [2.05, 4.69) is 27.5 Å². The SMILES string of the molecule is CN1CCN(CCCNCCNC(=O)OC(C)(C)C)CC1. The number of nitrogens with one attached hydrogen (secondary N) is 2. The van der Waals surface area contributed by atoms with Crippen molar-refractivity contribution < 1.29 is 9.53 Å². The van der Waals surface area contributed by atoms with Gasteiger partial charge in [-0.05, 0) is 47.3 Å². The minimum atomic E-state index is -0.431. The fourth-order valence-electron chi connectivity index (χ4n) is 2.19. The number of piperazine rings is 1. The van der Waals surface area contributed by atoms with Crippen molar-refractivity contribution in [1.82, 2.24) is 20.4 Å². The van der Waals surface area contributed by atoms with Crippen molar-refractivity contribution in [3.8, 4) is 0 Å². The number of hydrogen-bond donors (Lipinski definition) is 2. The molecular weight excluding hydrogens is 268 g/mol. The van der Waals surface area contributed by atoms with Crippen molar-refractivity contribution in [2.24, 2.45) is 0 Å². The van der Waals surface area contributed by atoms with Gasteiger partial charge < -0.3 is 25.2 Å². The van der Waals surface area contributed by atoms with Crippen LogP contribution in [0.1, 0.15) is 27.2 Å². The molecule has 0 aromatic heterocycles. The highest BCUT2D eigenvalue weighted by Crippen LogP contribution is 2.06. The lowest BCUT2D eigenvalue weighted by Gasteiger charge is -2.32. The van der Waals surface area contributed by atoms with Gasteiger partial charge >= 0.3 is 6.09 Å². The minimum absolute atomic E-state index is 0.346. The Hall–Kier alpha value is -0.850. The smallest absolute Gasteiger partial charge is 0.407 e. The van der Waals surface area contributed by atoms with Crippen LogP contribution >= 0.6 is 0 Å². The third-order valence-electron chi connectivity index (χ3n) is 3.39. The van der Waals surface area contributed by atoms with Crippen LogP contribution < -0.4 is 10.6 Å². The van der Waals surface area contributed by atoms with Crippen LogP contribution in [-0.4, -0.2) is 80.9 Å². The van der Waals surface area contributed by atoms with Crippen LogP contribution in [0.25, 0.3) is 0 Å². The molecule has 6 heteroatoms. The Kier molecular flexibility index (Phi) is 8.00. The Bertz CT molecular complexity index is 297. The maximum absolute atomic E-state index is 11.4. The summed E-state index contributed by atoms with van der Waals surface area (Å²) in [7, 11) is 2.18. The summed E-state index contributed by atoms with van der Waals surface area (Å²) < 4.78 is 5.16. The average Bonchev–Trinajstić information content (AvgIpc) is 2.37. The maximum atomic E-state index is 11.4. The van der Waals surface area contributed by atoms with Crippen molar-refractivity contribution in [2.45, 2.75) is 32.8 Å². The zero-order valence-electron chi connectivity index (χ0n) is 14.1. The summed E-state index contributed by atoms with van der Waals surface area (Å²) in [4.78, 5) is 16.3. The second-order valence-corrected chi connectivity index (χ2v) is 6.68. The molecule has 0 aromatic carbocycles. The molecule has 1 heterocycles. The van der Waals surface area contributed by atoms with E-state index in [-0.39, 0.29) is 6.09 Å². The third kappa shape index (κ3) is 9.66. The van der Waals surface area contributed by atoms with Crippen LogP contribution in [0.15, 0.2) is 0 Å². The van der Waals surface area contributed by atoms with Crippen LogP contribution in [0.5, 0.6) is 0 Å². The quantitative estimate of drug-likeness (QED) is 0.679. The number of likely N-dealkylation sites (N-methyl/N-ethyl adjacent to an activating group) is 1. The molecule has 0 aromatic rings. The van der Waals surface area contributed by atoms with E-state index in [1.807, 2.05) is 20.8 Å². The fraction of sp³-hybridized carbons (Fsp3) is 0.933. The van der Waals surface area contributed by atoms with Gasteiger partial charge in [0.15, 0.2) is 0 Å². The fourth-order valence-corrected chi connectivity index (χ4v) is 2.19. The molecule has 0 atom stereocenters. The molecule has 0 radical (unpaired) electrons. The predicted octanol–water partition coefficient (Wildman–Crippen LogP) is 0.738. The maximum Gasteiger partial charge on any atom is 0.407 e. The largest absolute Gasteiger partial charge is 0.444 e. The van der Waals surface area contributed by atoms with E-state index in [1.165, 1.54) is 26.2 Å². The van der Waals surface area contributed by atoms with Gasteiger partial charge in [0.2, 0.25) is 0 Å². The average molecular weight is 300 g/mol. The Morgan fingerprint density at radius 2 is 1.76 bits per heavy atom. The zero-order valence-corrected chi connectivity index (χ0v) is 14.1. The summed E-state index contributed by atoms with van der Waals surface area (Å²) in [6.45, 7) is 13.8. The Morgan fingerprint density at radius 1 is 1.10 bits per heavy atom. The van der Waals surface area contributed by atoms with Gasteiger partial charge in [-0.25, -0.2) is 4.79 Å². The highest BCUT2D eigenvalue weighted by molar-refractivity contribution is 5.67. The number of alkyl carbamates (subject to hydrolysis) is 1. The van der Waals surface area contributed by atoms with Gasteiger partial charge in [-0.3, -0.25) is 0 Å². The van der Waals surface area contributed by atoms with Crippen molar-refractivity contribution in [1.29, 1.82) is 0 Å². The van der Waals surface area contributed by atoms with Gasteiger partial charge in [0.1, 0.15) is 5.60 Å². The van der Waals surface area contributed by atoms with E-state index in [9.17, 15) is 4.79 Å². The molecule has 0 unspecified atom stereocenters. The lowest BCUT2D eigenvalue weighted by atomic mass is 10.2. The second-order valence-electron chi connectivity index (χ2n) is 6.68. The Labute approximate surface area is 129 Å².